The van der Waals surface area contributed by atoms with Gasteiger partial charge in [-0.1, -0.05) is 0 Å². The van der Waals surface area contributed by atoms with Crippen LogP contribution in [-0.4, -0.2) is 49.8 Å². The number of hydrogen-bond acceptors (Lipinski definition) is 5. The number of hydrogen-bond donors (Lipinski definition) is 0. The summed E-state index contributed by atoms with van der Waals surface area (Å²) in [5.74, 6) is 1.70. The first-order valence-electron chi connectivity index (χ1n) is 5.40. The van der Waals surface area contributed by atoms with Crippen molar-refractivity contribution < 1.29 is 9.47 Å². The van der Waals surface area contributed by atoms with Gasteiger partial charge >= 0.3 is 0 Å². The van der Waals surface area contributed by atoms with Gasteiger partial charge in [0.1, 0.15) is 0 Å². The highest BCUT2D eigenvalue weighted by atomic mass is 35.5. The molecule has 0 aliphatic rings. The van der Waals surface area contributed by atoms with Crippen molar-refractivity contribution in [1.29, 1.82) is 0 Å². The van der Waals surface area contributed by atoms with Crippen LogP contribution in [0.15, 0.2) is 6.07 Å². The van der Waals surface area contributed by atoms with Crippen molar-refractivity contribution in [3.05, 3.63) is 11.8 Å². The Bertz CT molecular complexity index is 349. The van der Waals surface area contributed by atoms with Crippen LogP contribution >= 0.6 is 11.6 Å². The third kappa shape index (κ3) is 4.36. The molecule has 0 spiro atoms. The molecule has 0 atom stereocenters. The maximum atomic E-state index is 5.77. The van der Waals surface area contributed by atoms with E-state index in [9.17, 15) is 0 Å². The van der Waals surface area contributed by atoms with Crippen molar-refractivity contribution in [3.63, 3.8) is 0 Å². The van der Waals surface area contributed by atoms with Gasteiger partial charge in [-0.3, -0.25) is 0 Å². The van der Waals surface area contributed by atoms with E-state index in [-0.39, 0.29) is 0 Å². The van der Waals surface area contributed by atoms with Crippen molar-refractivity contribution in [2.45, 2.75) is 6.92 Å². The predicted octanol–water partition coefficient (Wildman–Crippen LogP) is 1.49. The summed E-state index contributed by atoms with van der Waals surface area (Å²) in [6, 6.07) is 1.79. The van der Waals surface area contributed by atoms with E-state index in [2.05, 4.69) is 9.97 Å². The molecule has 17 heavy (non-hydrogen) atoms. The lowest BCUT2D eigenvalue weighted by Crippen LogP contribution is -2.31. The van der Waals surface area contributed by atoms with Crippen molar-refractivity contribution in [2.24, 2.45) is 0 Å². The van der Waals surface area contributed by atoms with Gasteiger partial charge in [0.25, 0.3) is 0 Å². The van der Waals surface area contributed by atoms with Crippen LogP contribution in [0.25, 0.3) is 0 Å². The van der Waals surface area contributed by atoms with Gasteiger partial charge in [0, 0.05) is 37.8 Å². The molecule has 0 unspecified atom stereocenters. The zero-order chi connectivity index (χ0) is 12.7. The number of alkyl halides is 1. The molecule has 0 aromatic carbocycles. The molecule has 0 saturated heterocycles. The fourth-order valence-corrected chi connectivity index (χ4v) is 1.59. The van der Waals surface area contributed by atoms with E-state index in [0.717, 1.165) is 5.69 Å². The van der Waals surface area contributed by atoms with E-state index in [1.54, 1.807) is 20.3 Å². The van der Waals surface area contributed by atoms with Gasteiger partial charge in [-0.2, -0.15) is 4.98 Å². The summed E-state index contributed by atoms with van der Waals surface area (Å²) in [6.07, 6.45) is 0. The van der Waals surface area contributed by atoms with Crippen molar-refractivity contribution in [1.82, 2.24) is 9.97 Å². The minimum absolute atomic E-state index is 0.517. The van der Waals surface area contributed by atoms with Crippen LogP contribution in [-0.2, 0) is 4.74 Å². The molecule has 1 rings (SSSR count). The monoisotopic (exact) mass is 259 g/mol. The lowest BCUT2D eigenvalue weighted by molar-refractivity contribution is 0.205. The van der Waals surface area contributed by atoms with Crippen LogP contribution in [0.5, 0.6) is 5.88 Å². The number of anilines is 1. The van der Waals surface area contributed by atoms with Crippen molar-refractivity contribution in [3.8, 4) is 5.88 Å². The molecule has 1 aromatic heterocycles. The molecule has 1 heterocycles. The zero-order valence-electron chi connectivity index (χ0n) is 10.4. The third-order valence-electron chi connectivity index (χ3n) is 2.23. The summed E-state index contributed by atoms with van der Waals surface area (Å²) in [4.78, 5) is 10.7. The largest absolute Gasteiger partial charge is 0.481 e. The molecule has 0 bridgehead atoms. The number of ether oxygens (including phenoxy) is 2. The molecule has 6 heteroatoms. The number of nitrogens with zero attached hydrogens (tertiary/aromatic N) is 3. The first-order valence-corrected chi connectivity index (χ1v) is 5.94. The van der Waals surface area contributed by atoms with E-state index in [1.807, 2.05) is 11.8 Å². The number of methoxy groups -OCH3 is 2. The highest BCUT2D eigenvalue weighted by Crippen LogP contribution is 2.14. The minimum atomic E-state index is 0.517. The average Bonchev–Trinajstić information content (AvgIpc) is 2.33. The zero-order valence-corrected chi connectivity index (χ0v) is 11.2. The summed E-state index contributed by atoms with van der Waals surface area (Å²) < 4.78 is 10.2. The Morgan fingerprint density at radius 2 is 2.06 bits per heavy atom. The second kappa shape index (κ2) is 7.29. The van der Waals surface area contributed by atoms with Gasteiger partial charge in [0.2, 0.25) is 11.8 Å². The minimum Gasteiger partial charge on any atom is -0.481 e. The highest BCUT2D eigenvalue weighted by molar-refractivity contribution is 6.18. The van der Waals surface area contributed by atoms with E-state index in [1.165, 1.54) is 0 Å². The fraction of sp³-hybridized carbons (Fsp3) is 0.636. The van der Waals surface area contributed by atoms with Gasteiger partial charge < -0.3 is 14.4 Å². The Morgan fingerprint density at radius 1 is 1.29 bits per heavy atom. The van der Waals surface area contributed by atoms with Crippen molar-refractivity contribution >= 4 is 17.5 Å². The summed E-state index contributed by atoms with van der Waals surface area (Å²) in [6.45, 7) is 3.90. The molecule has 0 fully saturated rings. The topological polar surface area (TPSA) is 47.5 Å². The van der Waals surface area contributed by atoms with Crippen LogP contribution in [0.3, 0.4) is 0 Å². The Hall–Kier alpha value is -1.07. The van der Waals surface area contributed by atoms with Crippen LogP contribution in [0.1, 0.15) is 5.69 Å². The van der Waals surface area contributed by atoms with E-state index in [0.29, 0.717) is 37.4 Å². The van der Waals surface area contributed by atoms with Crippen LogP contribution in [0.4, 0.5) is 5.95 Å². The van der Waals surface area contributed by atoms with E-state index < -0.39 is 0 Å². The smallest absolute Gasteiger partial charge is 0.228 e. The van der Waals surface area contributed by atoms with Gasteiger partial charge in [-0.15, -0.1) is 11.6 Å². The first kappa shape index (κ1) is 14.0. The summed E-state index contributed by atoms with van der Waals surface area (Å²) in [5, 5.41) is 0. The van der Waals surface area contributed by atoms with Gasteiger partial charge in [0.05, 0.1) is 13.7 Å². The Kier molecular flexibility index (Phi) is 6.00. The Morgan fingerprint density at radius 3 is 2.65 bits per heavy atom. The van der Waals surface area contributed by atoms with Gasteiger partial charge in [-0.25, -0.2) is 4.98 Å². The van der Waals surface area contributed by atoms with Crippen molar-refractivity contribution in [2.75, 3.05) is 44.7 Å². The normalized spacial score (nSPS) is 10.4. The molecule has 0 N–H and O–H groups in total. The van der Waals surface area contributed by atoms with Crippen LogP contribution in [0.2, 0.25) is 0 Å². The summed E-state index contributed by atoms with van der Waals surface area (Å²) in [5.41, 5.74) is 0.865. The second-order valence-corrected chi connectivity index (χ2v) is 3.90. The quantitative estimate of drug-likeness (QED) is 0.695. The molecular weight excluding hydrogens is 242 g/mol. The molecule has 0 saturated carbocycles. The van der Waals surface area contributed by atoms with Crippen LogP contribution in [0, 0.1) is 6.92 Å². The predicted molar refractivity (Wildman–Crippen MR) is 68.1 cm³/mol. The number of rotatable bonds is 7. The number of aryl methyl sites for hydroxylation is 1. The third-order valence-corrected chi connectivity index (χ3v) is 2.40. The number of aromatic nitrogens is 2. The molecule has 1 aromatic rings. The summed E-state index contributed by atoms with van der Waals surface area (Å²) in [7, 11) is 3.25. The molecule has 5 nitrogen and oxygen atoms in total. The van der Waals surface area contributed by atoms with Gasteiger partial charge in [-0.05, 0) is 6.92 Å². The van der Waals surface area contributed by atoms with Gasteiger partial charge in [0.15, 0.2) is 0 Å². The van der Waals surface area contributed by atoms with Crippen LogP contribution < -0.4 is 9.64 Å². The first-order chi connectivity index (χ1) is 8.21. The SMILES string of the molecule is COCCN(CCCl)c1nc(C)cc(OC)n1. The molecule has 0 aliphatic heterocycles. The van der Waals surface area contributed by atoms with E-state index >= 15 is 0 Å². The lowest BCUT2D eigenvalue weighted by atomic mass is 10.4. The maximum Gasteiger partial charge on any atom is 0.228 e. The Labute approximate surface area is 107 Å². The average molecular weight is 260 g/mol. The maximum absolute atomic E-state index is 5.77. The second-order valence-electron chi connectivity index (χ2n) is 3.52. The lowest BCUT2D eigenvalue weighted by Gasteiger charge is -2.21. The fourth-order valence-electron chi connectivity index (χ4n) is 1.39. The summed E-state index contributed by atoms with van der Waals surface area (Å²) >= 11 is 5.77. The molecule has 0 aliphatic carbocycles. The highest BCUT2D eigenvalue weighted by Gasteiger charge is 2.11. The molecule has 0 amide bonds. The Balaban J connectivity index is 2.87. The number of halogens is 1. The standard InChI is InChI=1S/C11H18ClN3O2/c1-9-8-10(17-3)14-11(13-9)15(5-4-12)6-7-16-2/h8H,4-7H2,1-3H3. The molecule has 96 valence electrons. The van der Waals surface area contributed by atoms with E-state index in [4.69, 9.17) is 21.1 Å². The molecule has 0 radical (unpaired) electrons. The molecular formula is C11H18ClN3O2.